The summed E-state index contributed by atoms with van der Waals surface area (Å²) in [5, 5.41) is 18.5. The predicted octanol–water partition coefficient (Wildman–Crippen LogP) is 1.80. The van der Waals surface area contributed by atoms with E-state index >= 15 is 0 Å². The molecule has 14 heavy (non-hydrogen) atoms. The van der Waals surface area contributed by atoms with Gasteiger partial charge in [-0.3, -0.25) is 0 Å². The highest BCUT2D eigenvalue weighted by Crippen LogP contribution is 2.45. The molecule has 2 aliphatic carbocycles. The first-order valence-corrected chi connectivity index (χ1v) is 6.07. The molecule has 0 bridgehead atoms. The Morgan fingerprint density at radius 2 is 1.79 bits per heavy atom. The van der Waals surface area contributed by atoms with E-state index in [0.717, 1.165) is 11.8 Å². The molecule has 4 unspecified atom stereocenters. The maximum Gasteiger partial charge on any atom is 0.0462 e. The first-order chi connectivity index (χ1) is 6.85. The van der Waals surface area contributed by atoms with Crippen molar-refractivity contribution in [3.05, 3.63) is 0 Å². The van der Waals surface area contributed by atoms with Crippen LogP contribution in [0.5, 0.6) is 0 Å². The molecule has 0 radical (unpaired) electrons. The third-order valence-corrected chi connectivity index (χ3v) is 4.40. The van der Waals surface area contributed by atoms with Gasteiger partial charge in [0.05, 0.1) is 0 Å². The normalized spacial score (nSPS) is 43.3. The first-order valence-electron chi connectivity index (χ1n) is 6.07. The Morgan fingerprint density at radius 1 is 0.929 bits per heavy atom. The molecule has 0 aromatic rings. The van der Waals surface area contributed by atoms with E-state index in [1.807, 2.05) is 0 Å². The number of hydrogen-bond donors (Lipinski definition) is 2. The summed E-state index contributed by atoms with van der Waals surface area (Å²) in [6.45, 7) is 0.748. The topological polar surface area (TPSA) is 40.5 Å². The van der Waals surface area contributed by atoms with Gasteiger partial charge in [-0.15, -0.1) is 0 Å². The molecule has 0 saturated heterocycles. The summed E-state index contributed by atoms with van der Waals surface area (Å²) in [5.74, 6) is 2.67. The molecular weight excluding hydrogens is 176 g/mol. The van der Waals surface area contributed by atoms with Crippen LogP contribution >= 0.6 is 0 Å². The fourth-order valence-electron chi connectivity index (χ4n) is 3.59. The van der Waals surface area contributed by atoms with E-state index in [2.05, 4.69) is 0 Å². The molecule has 2 N–H and O–H groups in total. The molecule has 0 aromatic heterocycles. The van der Waals surface area contributed by atoms with Crippen LogP contribution in [0.4, 0.5) is 0 Å². The van der Waals surface area contributed by atoms with Crippen LogP contribution in [0.15, 0.2) is 0 Å². The largest absolute Gasteiger partial charge is 0.396 e. The van der Waals surface area contributed by atoms with Gasteiger partial charge in [-0.05, 0) is 49.4 Å². The minimum atomic E-state index is 0.368. The predicted molar refractivity (Wildman–Crippen MR) is 55.8 cm³/mol. The molecule has 4 atom stereocenters. The van der Waals surface area contributed by atoms with E-state index in [1.54, 1.807) is 0 Å². The number of rotatable bonds is 2. The molecule has 0 aliphatic heterocycles. The Balaban J connectivity index is 1.96. The van der Waals surface area contributed by atoms with Crippen LogP contribution < -0.4 is 0 Å². The molecule has 82 valence electrons. The average Bonchev–Trinajstić information content (AvgIpc) is 2.27. The maximum atomic E-state index is 9.30. The quantitative estimate of drug-likeness (QED) is 0.710. The molecule has 2 fully saturated rings. The number of hydrogen-bond acceptors (Lipinski definition) is 2. The van der Waals surface area contributed by atoms with Crippen LogP contribution in [0, 0.1) is 23.7 Å². The minimum Gasteiger partial charge on any atom is -0.396 e. The minimum absolute atomic E-state index is 0.368. The molecule has 0 heterocycles. The van der Waals surface area contributed by atoms with Gasteiger partial charge in [-0.2, -0.15) is 0 Å². The smallest absolute Gasteiger partial charge is 0.0462 e. The zero-order valence-electron chi connectivity index (χ0n) is 8.86. The molecule has 2 nitrogen and oxygen atoms in total. The van der Waals surface area contributed by atoms with Crippen molar-refractivity contribution in [1.29, 1.82) is 0 Å². The van der Waals surface area contributed by atoms with Gasteiger partial charge in [-0.1, -0.05) is 12.8 Å². The summed E-state index contributed by atoms with van der Waals surface area (Å²) in [4.78, 5) is 0. The van der Waals surface area contributed by atoms with Crippen molar-refractivity contribution in [1.82, 2.24) is 0 Å². The van der Waals surface area contributed by atoms with Gasteiger partial charge in [0.1, 0.15) is 0 Å². The standard InChI is InChI=1S/C12H22O2/c13-7-9-4-5-12-10(6-9)2-1-3-11(12)8-14/h9-14H,1-8H2. The third kappa shape index (κ3) is 1.96. The summed E-state index contributed by atoms with van der Waals surface area (Å²) in [6, 6.07) is 0. The monoisotopic (exact) mass is 198 g/mol. The number of fused-ring (bicyclic) bond motifs is 1. The first kappa shape index (κ1) is 10.4. The summed E-state index contributed by atoms with van der Waals surface area (Å²) in [7, 11) is 0. The molecule has 2 heteroatoms. The van der Waals surface area contributed by atoms with Gasteiger partial charge in [0, 0.05) is 13.2 Å². The molecular formula is C12H22O2. The lowest BCUT2D eigenvalue weighted by Crippen LogP contribution is -2.36. The van der Waals surface area contributed by atoms with Crippen LogP contribution in [-0.4, -0.2) is 23.4 Å². The van der Waals surface area contributed by atoms with Crippen molar-refractivity contribution in [3.8, 4) is 0 Å². The second kappa shape index (κ2) is 4.63. The van der Waals surface area contributed by atoms with Crippen molar-refractivity contribution in [2.75, 3.05) is 13.2 Å². The van der Waals surface area contributed by atoms with Crippen LogP contribution in [-0.2, 0) is 0 Å². The average molecular weight is 198 g/mol. The summed E-state index contributed by atoms with van der Waals surface area (Å²) < 4.78 is 0. The molecule has 2 rings (SSSR count). The number of aliphatic hydroxyl groups is 2. The second-order valence-corrected chi connectivity index (χ2v) is 5.16. The van der Waals surface area contributed by atoms with Gasteiger partial charge < -0.3 is 10.2 Å². The summed E-state index contributed by atoms with van der Waals surface area (Å²) >= 11 is 0. The van der Waals surface area contributed by atoms with Gasteiger partial charge in [0.2, 0.25) is 0 Å². The molecule has 2 saturated carbocycles. The van der Waals surface area contributed by atoms with E-state index in [0.29, 0.717) is 25.0 Å². The van der Waals surface area contributed by atoms with Crippen LogP contribution in [0.25, 0.3) is 0 Å². The van der Waals surface area contributed by atoms with Crippen molar-refractivity contribution in [3.63, 3.8) is 0 Å². The highest BCUT2D eigenvalue weighted by molar-refractivity contribution is 4.87. The van der Waals surface area contributed by atoms with Crippen molar-refractivity contribution in [2.24, 2.45) is 23.7 Å². The van der Waals surface area contributed by atoms with Crippen LogP contribution in [0.1, 0.15) is 38.5 Å². The van der Waals surface area contributed by atoms with E-state index in [4.69, 9.17) is 5.11 Å². The Bertz CT molecular complexity index is 181. The van der Waals surface area contributed by atoms with E-state index in [1.165, 1.54) is 38.5 Å². The number of aliphatic hydroxyl groups excluding tert-OH is 2. The molecule has 0 aromatic carbocycles. The van der Waals surface area contributed by atoms with E-state index in [9.17, 15) is 5.11 Å². The Labute approximate surface area is 86.3 Å². The van der Waals surface area contributed by atoms with Gasteiger partial charge in [0.15, 0.2) is 0 Å². The van der Waals surface area contributed by atoms with E-state index < -0.39 is 0 Å². The zero-order chi connectivity index (χ0) is 9.97. The van der Waals surface area contributed by atoms with E-state index in [-0.39, 0.29) is 0 Å². The summed E-state index contributed by atoms with van der Waals surface area (Å²) in [5.41, 5.74) is 0. The van der Waals surface area contributed by atoms with Crippen molar-refractivity contribution >= 4 is 0 Å². The van der Waals surface area contributed by atoms with Crippen molar-refractivity contribution < 1.29 is 10.2 Å². The maximum absolute atomic E-state index is 9.30. The fourth-order valence-corrected chi connectivity index (χ4v) is 3.59. The highest BCUT2D eigenvalue weighted by atomic mass is 16.3. The lowest BCUT2D eigenvalue weighted by Gasteiger charge is -2.43. The Morgan fingerprint density at radius 3 is 2.50 bits per heavy atom. The van der Waals surface area contributed by atoms with Crippen LogP contribution in [0.3, 0.4) is 0 Å². The SMILES string of the molecule is OCC1CCC2C(CO)CCCC2C1. The second-order valence-electron chi connectivity index (χ2n) is 5.16. The zero-order valence-corrected chi connectivity index (χ0v) is 8.86. The fraction of sp³-hybridized carbons (Fsp3) is 1.00. The van der Waals surface area contributed by atoms with Crippen molar-refractivity contribution in [2.45, 2.75) is 38.5 Å². The lowest BCUT2D eigenvalue weighted by molar-refractivity contribution is 0.0284. The molecule has 0 spiro atoms. The van der Waals surface area contributed by atoms with Crippen LogP contribution in [0.2, 0.25) is 0 Å². The Hall–Kier alpha value is -0.0800. The summed E-state index contributed by atoms with van der Waals surface area (Å²) in [6.07, 6.45) is 7.45. The highest BCUT2D eigenvalue weighted by Gasteiger charge is 2.37. The van der Waals surface area contributed by atoms with Gasteiger partial charge in [0.25, 0.3) is 0 Å². The lowest BCUT2D eigenvalue weighted by atomic mass is 9.63. The van der Waals surface area contributed by atoms with Gasteiger partial charge >= 0.3 is 0 Å². The van der Waals surface area contributed by atoms with Gasteiger partial charge in [-0.25, -0.2) is 0 Å². The molecule has 2 aliphatic rings. The third-order valence-electron chi connectivity index (χ3n) is 4.40. The Kier molecular flexibility index (Phi) is 3.45. The molecule has 0 amide bonds.